The lowest BCUT2D eigenvalue weighted by atomic mass is 10.3. The first-order valence-electron chi connectivity index (χ1n) is 8.99. The first kappa shape index (κ1) is 20.7. The quantitative estimate of drug-likeness (QED) is 0.660. The van der Waals surface area contributed by atoms with Crippen LogP contribution in [0, 0.1) is 0 Å². The van der Waals surface area contributed by atoms with Crippen LogP contribution in [-0.4, -0.2) is 22.8 Å². The van der Waals surface area contributed by atoms with Gasteiger partial charge in [0, 0.05) is 24.3 Å². The van der Waals surface area contributed by atoms with Gasteiger partial charge < -0.3 is 4.74 Å². The lowest BCUT2D eigenvalue weighted by Gasteiger charge is -2.08. The van der Waals surface area contributed by atoms with Crippen molar-refractivity contribution in [3.8, 4) is 5.69 Å². The van der Waals surface area contributed by atoms with E-state index in [-0.39, 0.29) is 5.56 Å². The molecule has 9 heteroatoms. The number of benzene rings is 1. The van der Waals surface area contributed by atoms with Gasteiger partial charge in [0.2, 0.25) is 0 Å². The SMILES string of the molecule is C1CCOC1.O=c1[nH]c(=O)n(-c2ccccc2)cc1C1=CSC(=C2SC=CS2)S1. The van der Waals surface area contributed by atoms with Crippen molar-refractivity contribution in [2.75, 3.05) is 13.2 Å². The zero-order chi connectivity index (χ0) is 20.1. The summed E-state index contributed by atoms with van der Waals surface area (Å²) in [4.78, 5) is 27.7. The Morgan fingerprint density at radius 1 is 0.931 bits per heavy atom. The van der Waals surface area contributed by atoms with Crippen molar-refractivity contribution in [1.82, 2.24) is 9.55 Å². The summed E-state index contributed by atoms with van der Waals surface area (Å²) in [7, 11) is 0. The molecule has 0 bridgehead atoms. The molecule has 0 amide bonds. The van der Waals surface area contributed by atoms with Gasteiger partial charge in [-0.1, -0.05) is 65.2 Å². The van der Waals surface area contributed by atoms with Crippen molar-refractivity contribution >= 4 is 52.0 Å². The molecule has 3 aliphatic heterocycles. The average molecular weight is 463 g/mol. The average Bonchev–Trinajstić information content (AvgIpc) is 3.52. The monoisotopic (exact) mass is 462 g/mol. The fourth-order valence-electron chi connectivity index (χ4n) is 2.70. The van der Waals surface area contributed by atoms with E-state index in [2.05, 4.69) is 15.8 Å². The molecule has 0 spiro atoms. The van der Waals surface area contributed by atoms with Crippen molar-refractivity contribution in [1.29, 1.82) is 0 Å². The second kappa shape index (κ2) is 9.99. The molecule has 1 fully saturated rings. The summed E-state index contributed by atoms with van der Waals surface area (Å²) in [5.74, 6) is 0. The van der Waals surface area contributed by atoms with Gasteiger partial charge in [-0.2, -0.15) is 0 Å². The largest absolute Gasteiger partial charge is 0.381 e. The van der Waals surface area contributed by atoms with Crippen molar-refractivity contribution in [2.24, 2.45) is 0 Å². The van der Waals surface area contributed by atoms with Crippen LogP contribution in [0.4, 0.5) is 0 Å². The highest BCUT2D eigenvalue weighted by Crippen LogP contribution is 2.55. The number of rotatable bonds is 2. The minimum atomic E-state index is -0.434. The van der Waals surface area contributed by atoms with Gasteiger partial charge >= 0.3 is 5.69 Å². The molecule has 1 aromatic carbocycles. The number of hydrogen-bond acceptors (Lipinski definition) is 7. The summed E-state index contributed by atoms with van der Waals surface area (Å²) < 4.78 is 8.81. The number of aromatic amines is 1. The van der Waals surface area contributed by atoms with Gasteiger partial charge in [-0.3, -0.25) is 14.3 Å². The summed E-state index contributed by atoms with van der Waals surface area (Å²) in [6.07, 6.45) is 4.18. The predicted molar refractivity (Wildman–Crippen MR) is 127 cm³/mol. The van der Waals surface area contributed by atoms with Gasteiger partial charge in [-0.15, -0.1) is 0 Å². The molecule has 2 aromatic rings. The zero-order valence-corrected chi connectivity index (χ0v) is 18.6. The smallest absolute Gasteiger partial charge is 0.332 e. The lowest BCUT2D eigenvalue weighted by Crippen LogP contribution is -2.30. The van der Waals surface area contributed by atoms with Crippen LogP contribution >= 0.6 is 47.0 Å². The van der Waals surface area contributed by atoms with Gasteiger partial charge in [0.25, 0.3) is 5.56 Å². The Morgan fingerprint density at radius 3 is 2.31 bits per heavy atom. The second-order valence-electron chi connectivity index (χ2n) is 6.11. The Balaban J connectivity index is 0.000000359. The Morgan fingerprint density at radius 2 is 1.66 bits per heavy atom. The molecule has 0 aliphatic carbocycles. The van der Waals surface area contributed by atoms with Crippen LogP contribution in [-0.2, 0) is 4.74 Å². The summed E-state index contributed by atoms with van der Waals surface area (Å²) in [6.45, 7) is 2.00. The third kappa shape index (κ3) is 5.16. The second-order valence-corrected chi connectivity index (χ2v) is 10.4. The van der Waals surface area contributed by atoms with E-state index < -0.39 is 5.69 Å². The number of aromatic nitrogens is 2. The maximum Gasteiger partial charge on any atom is 0.332 e. The van der Waals surface area contributed by atoms with Gasteiger partial charge in [-0.25, -0.2) is 4.79 Å². The molecule has 5 nitrogen and oxygen atoms in total. The van der Waals surface area contributed by atoms with E-state index in [1.54, 1.807) is 53.2 Å². The number of hydrogen-bond donors (Lipinski definition) is 1. The Labute approximate surface area is 185 Å². The molecule has 0 unspecified atom stereocenters. The molecule has 1 aromatic heterocycles. The number of nitrogens with one attached hydrogen (secondary N) is 1. The molecule has 1 N–H and O–H groups in total. The summed E-state index contributed by atoms with van der Waals surface area (Å²) in [6, 6.07) is 9.27. The number of ether oxygens (including phenoxy) is 1. The highest BCUT2D eigenvalue weighted by Gasteiger charge is 2.22. The summed E-state index contributed by atoms with van der Waals surface area (Å²) >= 11 is 6.57. The minimum Gasteiger partial charge on any atom is -0.381 e. The van der Waals surface area contributed by atoms with Gasteiger partial charge in [0.05, 0.1) is 19.7 Å². The third-order valence-corrected chi connectivity index (χ3v) is 9.17. The molecule has 1 saturated heterocycles. The van der Waals surface area contributed by atoms with E-state index in [0.717, 1.165) is 23.8 Å². The first-order valence-corrected chi connectivity index (χ1v) is 12.4. The molecular formula is C20H18N2O3S4. The van der Waals surface area contributed by atoms with E-state index in [9.17, 15) is 9.59 Å². The first-order chi connectivity index (χ1) is 14.2. The standard InChI is InChI=1S/C16H10N2O2S4.C4H8O/c19-13-11(12-9-23-15(24-12)14-21-6-7-22-14)8-18(16(20)17-13)10-4-2-1-3-5-10;1-2-4-5-3-1/h1-9H,(H,17,19,20);1-4H2. The van der Waals surface area contributed by atoms with Crippen molar-refractivity contribution < 1.29 is 4.74 Å². The van der Waals surface area contributed by atoms with Gasteiger partial charge in [0.15, 0.2) is 0 Å². The van der Waals surface area contributed by atoms with Crippen molar-refractivity contribution in [3.05, 3.63) is 87.6 Å². The van der Waals surface area contributed by atoms with E-state index in [1.165, 1.54) is 25.9 Å². The number of nitrogens with zero attached hydrogens (tertiary/aromatic N) is 1. The van der Waals surface area contributed by atoms with Gasteiger partial charge in [0.1, 0.15) is 0 Å². The van der Waals surface area contributed by atoms with Crippen LogP contribution in [0.3, 0.4) is 0 Å². The Kier molecular flexibility index (Phi) is 7.15. The Bertz CT molecular complexity index is 1070. The van der Waals surface area contributed by atoms with E-state index >= 15 is 0 Å². The van der Waals surface area contributed by atoms with Crippen LogP contribution in [0.15, 0.2) is 70.8 Å². The molecule has 4 heterocycles. The van der Waals surface area contributed by atoms with Crippen LogP contribution in [0.1, 0.15) is 18.4 Å². The van der Waals surface area contributed by atoms with Crippen LogP contribution in [0.2, 0.25) is 0 Å². The highest BCUT2D eigenvalue weighted by atomic mass is 32.2. The highest BCUT2D eigenvalue weighted by molar-refractivity contribution is 8.35. The van der Waals surface area contributed by atoms with E-state index in [4.69, 9.17) is 4.74 Å². The maximum atomic E-state index is 12.3. The normalized spacial score (nSPS) is 18.0. The van der Waals surface area contributed by atoms with E-state index in [1.807, 2.05) is 35.7 Å². The number of thioether (sulfide) groups is 4. The van der Waals surface area contributed by atoms with Crippen LogP contribution in [0.5, 0.6) is 0 Å². The predicted octanol–water partition coefficient (Wildman–Crippen LogP) is 5.18. The van der Waals surface area contributed by atoms with Gasteiger partial charge in [-0.05, 0) is 41.2 Å². The minimum absolute atomic E-state index is 0.359. The fourth-order valence-corrected chi connectivity index (χ4v) is 7.18. The zero-order valence-electron chi connectivity index (χ0n) is 15.3. The Hall–Kier alpha value is -1.52. The van der Waals surface area contributed by atoms with E-state index in [0.29, 0.717) is 5.56 Å². The molecule has 0 radical (unpaired) electrons. The molecule has 29 heavy (non-hydrogen) atoms. The maximum absolute atomic E-state index is 12.3. The number of para-hydroxylation sites is 1. The molecule has 150 valence electrons. The van der Waals surface area contributed by atoms with Crippen molar-refractivity contribution in [2.45, 2.75) is 12.8 Å². The summed E-state index contributed by atoms with van der Waals surface area (Å²) in [5.41, 5.74) is 0.437. The van der Waals surface area contributed by atoms with Crippen LogP contribution in [0.25, 0.3) is 10.6 Å². The topological polar surface area (TPSA) is 64.1 Å². The molecule has 3 aliphatic rings. The lowest BCUT2D eigenvalue weighted by molar-refractivity contribution is 0.198. The van der Waals surface area contributed by atoms with Crippen LogP contribution < -0.4 is 11.2 Å². The molecule has 0 saturated carbocycles. The molecule has 5 rings (SSSR count). The third-order valence-electron chi connectivity index (χ3n) is 4.12. The fraction of sp³-hybridized carbons (Fsp3) is 0.200. The number of H-pyrrole nitrogens is 1. The van der Waals surface area contributed by atoms with Crippen molar-refractivity contribution in [3.63, 3.8) is 0 Å². The summed E-state index contributed by atoms with van der Waals surface area (Å²) in [5, 5.41) is 6.07. The molecule has 0 atom stereocenters. The molecular weight excluding hydrogens is 444 g/mol.